The van der Waals surface area contributed by atoms with Crippen LogP contribution >= 0.6 is 0 Å². The van der Waals surface area contributed by atoms with Gasteiger partial charge in [0.1, 0.15) is 5.71 Å². The number of carboxylic acid groups (broad SMARTS) is 2. The van der Waals surface area contributed by atoms with E-state index in [1.54, 1.807) is 44.2 Å². The molecular formula is C17H21N3O5. The van der Waals surface area contributed by atoms with E-state index in [2.05, 4.69) is 10.4 Å². The molecule has 0 spiro atoms. The molecule has 0 bridgehead atoms. The van der Waals surface area contributed by atoms with Crippen molar-refractivity contribution in [2.45, 2.75) is 44.7 Å². The van der Waals surface area contributed by atoms with Crippen LogP contribution in [0, 0.1) is 0 Å². The van der Waals surface area contributed by atoms with Crippen LogP contribution in [0.5, 0.6) is 0 Å². The first kappa shape index (κ1) is 18.4. The highest BCUT2D eigenvalue weighted by atomic mass is 16.4. The molecule has 1 aromatic rings. The second-order valence-electron chi connectivity index (χ2n) is 6.52. The molecule has 0 fully saturated rings. The Morgan fingerprint density at radius 1 is 1.24 bits per heavy atom. The summed E-state index contributed by atoms with van der Waals surface area (Å²) in [6.07, 6.45) is 0.158. The van der Waals surface area contributed by atoms with Crippen molar-refractivity contribution in [3.8, 4) is 0 Å². The molecule has 1 unspecified atom stereocenters. The van der Waals surface area contributed by atoms with Crippen LogP contribution in [0.25, 0.3) is 0 Å². The number of nitrogens with one attached hydrogen (secondary N) is 1. The average Bonchev–Trinajstić information content (AvgIpc) is 2.99. The fraction of sp³-hybridized carbons (Fsp3) is 0.412. The van der Waals surface area contributed by atoms with E-state index in [-0.39, 0.29) is 25.0 Å². The first-order valence-corrected chi connectivity index (χ1v) is 7.88. The van der Waals surface area contributed by atoms with Crippen molar-refractivity contribution in [2.75, 3.05) is 5.01 Å². The number of para-hydroxylation sites is 1. The lowest BCUT2D eigenvalue weighted by molar-refractivity contribution is -0.139. The summed E-state index contributed by atoms with van der Waals surface area (Å²) in [6.45, 7) is 3.43. The number of hydrogen-bond acceptors (Lipinski definition) is 5. The monoisotopic (exact) mass is 347 g/mol. The molecule has 3 N–H and O–H groups in total. The number of hydrazone groups is 1. The second-order valence-corrected chi connectivity index (χ2v) is 6.52. The Hall–Kier alpha value is -2.90. The Bertz CT molecular complexity index is 699. The van der Waals surface area contributed by atoms with Gasteiger partial charge in [-0.2, -0.15) is 5.10 Å². The predicted molar refractivity (Wildman–Crippen MR) is 91.5 cm³/mol. The molecule has 25 heavy (non-hydrogen) atoms. The van der Waals surface area contributed by atoms with Crippen molar-refractivity contribution in [3.05, 3.63) is 30.3 Å². The number of nitrogens with zero attached hydrogens (tertiary/aromatic N) is 2. The van der Waals surface area contributed by atoms with Crippen molar-refractivity contribution in [3.63, 3.8) is 0 Å². The van der Waals surface area contributed by atoms with Gasteiger partial charge in [0.15, 0.2) is 6.04 Å². The van der Waals surface area contributed by atoms with E-state index in [0.717, 1.165) is 0 Å². The van der Waals surface area contributed by atoms with Gasteiger partial charge < -0.3 is 15.5 Å². The number of benzene rings is 1. The molecule has 1 heterocycles. The lowest BCUT2D eigenvalue weighted by Gasteiger charge is -2.25. The molecule has 0 aliphatic carbocycles. The van der Waals surface area contributed by atoms with E-state index in [0.29, 0.717) is 5.69 Å². The van der Waals surface area contributed by atoms with Crippen LogP contribution in [0.1, 0.15) is 33.1 Å². The third-order valence-corrected chi connectivity index (χ3v) is 3.89. The third kappa shape index (κ3) is 4.79. The van der Waals surface area contributed by atoms with Gasteiger partial charge in [-0.25, -0.2) is 4.79 Å². The molecule has 1 atom stereocenters. The Morgan fingerprint density at radius 2 is 1.88 bits per heavy atom. The topological polar surface area (TPSA) is 119 Å². The number of aliphatic carboxylic acids is 2. The normalized spacial score (nSPS) is 17.1. The molecule has 134 valence electrons. The van der Waals surface area contributed by atoms with Crippen molar-refractivity contribution < 1.29 is 24.6 Å². The highest BCUT2D eigenvalue weighted by Crippen LogP contribution is 2.25. The number of carbonyl (C=O) groups excluding carboxylic acids is 1. The summed E-state index contributed by atoms with van der Waals surface area (Å²) >= 11 is 0. The van der Waals surface area contributed by atoms with E-state index >= 15 is 0 Å². The first-order chi connectivity index (χ1) is 11.7. The minimum atomic E-state index is -1.07. The van der Waals surface area contributed by atoms with Crippen LogP contribution < -0.4 is 10.3 Å². The standard InChI is InChI=1S/C17H21N3O5/c1-17(2,9-8-14(21)22)18-15(23)12-10-13(16(24)25)20(19-12)11-6-4-3-5-7-11/h3-7,13H,8-10H2,1-2H3,(H,18,23)(H,21,22)(H,24,25). The molecule has 0 saturated carbocycles. The number of carboxylic acids is 2. The number of rotatable bonds is 7. The largest absolute Gasteiger partial charge is 0.481 e. The molecule has 0 radical (unpaired) electrons. The zero-order chi connectivity index (χ0) is 18.6. The maximum absolute atomic E-state index is 12.4. The average molecular weight is 347 g/mol. The molecule has 0 aromatic heterocycles. The van der Waals surface area contributed by atoms with Gasteiger partial charge in [0, 0.05) is 18.4 Å². The molecule has 8 nitrogen and oxygen atoms in total. The highest BCUT2D eigenvalue weighted by Gasteiger charge is 2.37. The van der Waals surface area contributed by atoms with Gasteiger partial charge in [-0.3, -0.25) is 14.6 Å². The molecule has 0 saturated heterocycles. The van der Waals surface area contributed by atoms with Crippen molar-refractivity contribution in [1.82, 2.24) is 5.32 Å². The van der Waals surface area contributed by atoms with Gasteiger partial charge in [-0.05, 0) is 32.4 Å². The number of carbonyl (C=O) groups is 3. The highest BCUT2D eigenvalue weighted by molar-refractivity contribution is 6.40. The zero-order valence-electron chi connectivity index (χ0n) is 14.1. The quantitative estimate of drug-likeness (QED) is 0.687. The van der Waals surface area contributed by atoms with Crippen LogP contribution in [0.3, 0.4) is 0 Å². The molecule has 2 rings (SSSR count). The minimum Gasteiger partial charge on any atom is -0.481 e. The molecule has 1 aliphatic rings. The van der Waals surface area contributed by atoms with Crippen LogP contribution in [-0.4, -0.2) is 45.4 Å². The second kappa shape index (κ2) is 7.33. The van der Waals surface area contributed by atoms with Crippen molar-refractivity contribution >= 4 is 29.2 Å². The fourth-order valence-corrected chi connectivity index (χ4v) is 2.52. The van der Waals surface area contributed by atoms with Gasteiger partial charge in [0.25, 0.3) is 5.91 Å². The van der Waals surface area contributed by atoms with Crippen LogP contribution in [0.15, 0.2) is 35.4 Å². The number of anilines is 1. The summed E-state index contributed by atoms with van der Waals surface area (Å²) in [7, 11) is 0. The van der Waals surface area contributed by atoms with Crippen LogP contribution in [0.4, 0.5) is 5.69 Å². The third-order valence-electron chi connectivity index (χ3n) is 3.89. The Kier molecular flexibility index (Phi) is 5.41. The van der Waals surface area contributed by atoms with Crippen molar-refractivity contribution in [2.24, 2.45) is 5.10 Å². The predicted octanol–water partition coefficient (Wildman–Crippen LogP) is 1.47. The van der Waals surface area contributed by atoms with Gasteiger partial charge in [-0.15, -0.1) is 0 Å². The summed E-state index contributed by atoms with van der Waals surface area (Å²) in [5.74, 6) is -2.50. The van der Waals surface area contributed by atoms with E-state index in [1.807, 2.05) is 0 Å². The SMILES string of the molecule is CC(C)(CCC(=O)O)NC(=O)C1=NN(c2ccccc2)C(C(=O)O)C1. The molecular weight excluding hydrogens is 326 g/mol. The first-order valence-electron chi connectivity index (χ1n) is 7.88. The molecule has 1 aromatic carbocycles. The van der Waals surface area contributed by atoms with Gasteiger partial charge >= 0.3 is 11.9 Å². The maximum Gasteiger partial charge on any atom is 0.328 e. The van der Waals surface area contributed by atoms with Gasteiger partial charge in [0.2, 0.25) is 0 Å². The van der Waals surface area contributed by atoms with Crippen LogP contribution in [0.2, 0.25) is 0 Å². The van der Waals surface area contributed by atoms with Gasteiger partial charge in [-0.1, -0.05) is 18.2 Å². The van der Waals surface area contributed by atoms with Crippen LogP contribution in [-0.2, 0) is 14.4 Å². The molecule has 1 aliphatic heterocycles. The summed E-state index contributed by atoms with van der Waals surface area (Å²) < 4.78 is 0. The summed E-state index contributed by atoms with van der Waals surface area (Å²) in [5.41, 5.74) is -0.0425. The van der Waals surface area contributed by atoms with E-state index in [4.69, 9.17) is 5.11 Å². The summed E-state index contributed by atoms with van der Waals surface area (Å²) in [4.78, 5) is 34.6. The lowest BCUT2D eigenvalue weighted by Crippen LogP contribution is -2.46. The zero-order valence-corrected chi connectivity index (χ0v) is 14.1. The summed E-state index contributed by atoms with van der Waals surface area (Å²) in [5, 5.41) is 26.4. The summed E-state index contributed by atoms with van der Waals surface area (Å²) in [6, 6.07) is 7.81. The van der Waals surface area contributed by atoms with E-state index in [9.17, 15) is 19.5 Å². The Morgan fingerprint density at radius 3 is 2.44 bits per heavy atom. The minimum absolute atomic E-state index is 0.0227. The van der Waals surface area contributed by atoms with Crippen molar-refractivity contribution in [1.29, 1.82) is 0 Å². The lowest BCUT2D eigenvalue weighted by atomic mass is 9.97. The fourth-order valence-electron chi connectivity index (χ4n) is 2.52. The van der Waals surface area contributed by atoms with E-state index < -0.39 is 29.4 Å². The smallest absolute Gasteiger partial charge is 0.328 e. The maximum atomic E-state index is 12.4. The Balaban J connectivity index is 2.14. The molecule has 1 amide bonds. The van der Waals surface area contributed by atoms with Gasteiger partial charge in [0.05, 0.1) is 5.69 Å². The number of amides is 1. The Labute approximate surface area is 145 Å². The molecule has 8 heteroatoms. The van der Waals surface area contributed by atoms with E-state index in [1.165, 1.54) is 5.01 Å². The number of hydrogen-bond donors (Lipinski definition) is 3.